The molecule has 1 unspecified atom stereocenters. The quantitative estimate of drug-likeness (QED) is 0.693. The lowest BCUT2D eigenvalue weighted by Crippen LogP contribution is -2.53. The lowest BCUT2D eigenvalue weighted by Gasteiger charge is -2.38. The van der Waals surface area contributed by atoms with Crippen LogP contribution in [-0.4, -0.2) is 47.3 Å². The van der Waals surface area contributed by atoms with Gasteiger partial charge in [0.2, 0.25) is 11.8 Å². The van der Waals surface area contributed by atoms with E-state index in [4.69, 9.17) is 0 Å². The minimum atomic E-state index is -0.181. The number of carbonyl (C=O) groups is 2. The van der Waals surface area contributed by atoms with Gasteiger partial charge in [-0.15, -0.1) is 0 Å². The van der Waals surface area contributed by atoms with E-state index < -0.39 is 0 Å². The molecule has 0 spiro atoms. The number of hydrogen-bond acceptors (Lipinski definition) is 2. The first kappa shape index (κ1) is 12.4. The lowest BCUT2D eigenvalue weighted by atomic mass is 9.99. The highest BCUT2D eigenvalue weighted by Crippen LogP contribution is 2.21. The monoisotopic (exact) mass is 238 g/mol. The second-order valence-corrected chi connectivity index (χ2v) is 5.11. The second kappa shape index (κ2) is 5.52. The van der Waals surface area contributed by atoms with Crippen molar-refractivity contribution in [3.63, 3.8) is 0 Å². The zero-order chi connectivity index (χ0) is 12.3. The highest BCUT2D eigenvalue weighted by Gasteiger charge is 2.33. The third-order valence-electron chi connectivity index (χ3n) is 3.86. The Morgan fingerprint density at radius 3 is 2.24 bits per heavy atom. The molecule has 0 aromatic rings. The Balaban J connectivity index is 2.02. The fourth-order valence-electron chi connectivity index (χ4n) is 2.89. The van der Waals surface area contributed by atoms with Gasteiger partial charge in [-0.25, -0.2) is 0 Å². The molecule has 0 aromatic heterocycles. The van der Waals surface area contributed by atoms with Gasteiger partial charge in [0.1, 0.15) is 6.04 Å². The molecule has 4 nitrogen and oxygen atoms in total. The second-order valence-electron chi connectivity index (χ2n) is 5.11. The van der Waals surface area contributed by atoms with E-state index in [0.717, 1.165) is 51.7 Å². The van der Waals surface area contributed by atoms with Gasteiger partial charge in [0.25, 0.3) is 0 Å². The van der Waals surface area contributed by atoms with E-state index in [1.807, 2.05) is 4.90 Å². The average Bonchev–Trinajstić information content (AvgIpc) is 2.39. The topological polar surface area (TPSA) is 40.6 Å². The lowest BCUT2D eigenvalue weighted by molar-refractivity contribution is -0.147. The van der Waals surface area contributed by atoms with Gasteiger partial charge in [-0.3, -0.25) is 9.59 Å². The molecule has 2 aliphatic rings. The van der Waals surface area contributed by atoms with Crippen LogP contribution < -0.4 is 0 Å². The molecule has 2 aliphatic heterocycles. The molecule has 2 amide bonds. The third-order valence-corrected chi connectivity index (χ3v) is 3.86. The molecule has 2 heterocycles. The van der Waals surface area contributed by atoms with Crippen LogP contribution in [-0.2, 0) is 9.59 Å². The molecule has 0 saturated carbocycles. The molecule has 0 bridgehead atoms. The molecule has 0 N–H and O–H groups in total. The minimum Gasteiger partial charge on any atom is -0.341 e. The maximum Gasteiger partial charge on any atom is 0.245 e. The molecule has 0 aliphatic carbocycles. The Labute approximate surface area is 103 Å². The van der Waals surface area contributed by atoms with Gasteiger partial charge in [-0.2, -0.15) is 0 Å². The summed E-state index contributed by atoms with van der Waals surface area (Å²) in [6.07, 6.45) is 6.38. The first-order valence-electron chi connectivity index (χ1n) is 6.76. The molecule has 2 saturated heterocycles. The predicted octanol–water partition coefficient (Wildman–Crippen LogP) is 1.40. The van der Waals surface area contributed by atoms with Gasteiger partial charge in [-0.1, -0.05) is 0 Å². The number of rotatable bonds is 1. The third kappa shape index (κ3) is 2.79. The summed E-state index contributed by atoms with van der Waals surface area (Å²) in [6.45, 7) is 4.07. The van der Waals surface area contributed by atoms with Crippen LogP contribution in [0.25, 0.3) is 0 Å². The number of nitrogens with zero attached hydrogens (tertiary/aromatic N) is 2. The molecule has 96 valence electrons. The Hall–Kier alpha value is -1.06. The van der Waals surface area contributed by atoms with Crippen LogP contribution in [0, 0.1) is 0 Å². The summed E-state index contributed by atoms with van der Waals surface area (Å²) in [5, 5.41) is 0. The minimum absolute atomic E-state index is 0.0417. The van der Waals surface area contributed by atoms with E-state index in [1.165, 1.54) is 6.42 Å². The van der Waals surface area contributed by atoms with Crippen molar-refractivity contribution in [2.45, 2.75) is 51.5 Å². The predicted molar refractivity (Wildman–Crippen MR) is 65.5 cm³/mol. The smallest absolute Gasteiger partial charge is 0.245 e. The standard InChI is InChI=1S/C13H22N2O2/c1-11(16)15-10-6-3-7-12(15)13(17)14-8-4-2-5-9-14/h12H,2-10H2,1H3. The molecule has 0 aromatic carbocycles. The van der Waals surface area contributed by atoms with Crippen molar-refractivity contribution in [3.05, 3.63) is 0 Å². The van der Waals surface area contributed by atoms with Gasteiger partial charge in [0, 0.05) is 26.6 Å². The first-order valence-corrected chi connectivity index (χ1v) is 6.76. The van der Waals surface area contributed by atoms with Crippen LogP contribution in [0.2, 0.25) is 0 Å². The maximum atomic E-state index is 12.4. The van der Waals surface area contributed by atoms with E-state index in [-0.39, 0.29) is 17.9 Å². The highest BCUT2D eigenvalue weighted by atomic mass is 16.2. The molecule has 0 radical (unpaired) electrons. The van der Waals surface area contributed by atoms with E-state index >= 15 is 0 Å². The van der Waals surface area contributed by atoms with E-state index in [2.05, 4.69) is 0 Å². The number of carbonyl (C=O) groups excluding carboxylic acids is 2. The van der Waals surface area contributed by atoms with Crippen molar-refractivity contribution >= 4 is 11.8 Å². The van der Waals surface area contributed by atoms with E-state index in [9.17, 15) is 9.59 Å². The van der Waals surface area contributed by atoms with Crippen molar-refractivity contribution in [1.82, 2.24) is 9.80 Å². The fourth-order valence-corrected chi connectivity index (χ4v) is 2.89. The van der Waals surface area contributed by atoms with Gasteiger partial charge in [0.05, 0.1) is 0 Å². The van der Waals surface area contributed by atoms with Crippen molar-refractivity contribution in [2.75, 3.05) is 19.6 Å². The van der Waals surface area contributed by atoms with Crippen molar-refractivity contribution < 1.29 is 9.59 Å². The van der Waals surface area contributed by atoms with Crippen molar-refractivity contribution in [1.29, 1.82) is 0 Å². The molecule has 2 fully saturated rings. The van der Waals surface area contributed by atoms with Crippen LogP contribution in [0.3, 0.4) is 0 Å². The molecular weight excluding hydrogens is 216 g/mol. The molecule has 1 atom stereocenters. The first-order chi connectivity index (χ1) is 8.20. The summed E-state index contributed by atoms with van der Waals surface area (Å²) in [5.74, 6) is 0.222. The summed E-state index contributed by atoms with van der Waals surface area (Å²) in [7, 11) is 0. The summed E-state index contributed by atoms with van der Waals surface area (Å²) in [6, 6.07) is -0.181. The van der Waals surface area contributed by atoms with Gasteiger partial charge < -0.3 is 9.80 Å². The Morgan fingerprint density at radius 2 is 1.59 bits per heavy atom. The van der Waals surface area contributed by atoms with Gasteiger partial charge >= 0.3 is 0 Å². The SMILES string of the molecule is CC(=O)N1CCCCC1C(=O)N1CCCCC1. The maximum absolute atomic E-state index is 12.4. The number of amides is 2. The number of piperidine rings is 2. The normalized spacial score (nSPS) is 25.8. The molecular formula is C13H22N2O2. The van der Waals surface area contributed by atoms with Crippen LogP contribution in [0.1, 0.15) is 45.4 Å². The summed E-state index contributed by atoms with van der Waals surface area (Å²) in [4.78, 5) is 27.7. The van der Waals surface area contributed by atoms with Crippen molar-refractivity contribution in [3.8, 4) is 0 Å². The van der Waals surface area contributed by atoms with Gasteiger partial charge in [0.15, 0.2) is 0 Å². The Bertz CT molecular complexity index is 298. The largest absolute Gasteiger partial charge is 0.341 e. The summed E-state index contributed by atoms with van der Waals surface area (Å²) < 4.78 is 0. The Morgan fingerprint density at radius 1 is 0.941 bits per heavy atom. The molecule has 2 rings (SSSR count). The van der Waals surface area contributed by atoms with Crippen molar-refractivity contribution in [2.24, 2.45) is 0 Å². The summed E-state index contributed by atoms with van der Waals surface area (Å²) in [5.41, 5.74) is 0. The fraction of sp³-hybridized carbons (Fsp3) is 0.846. The average molecular weight is 238 g/mol. The van der Waals surface area contributed by atoms with Crippen LogP contribution in [0.5, 0.6) is 0 Å². The van der Waals surface area contributed by atoms with Crippen LogP contribution >= 0.6 is 0 Å². The zero-order valence-electron chi connectivity index (χ0n) is 10.7. The molecule has 17 heavy (non-hydrogen) atoms. The highest BCUT2D eigenvalue weighted by molar-refractivity contribution is 5.87. The van der Waals surface area contributed by atoms with Crippen LogP contribution in [0.4, 0.5) is 0 Å². The van der Waals surface area contributed by atoms with E-state index in [0.29, 0.717) is 0 Å². The zero-order valence-corrected chi connectivity index (χ0v) is 10.7. The number of hydrogen-bond donors (Lipinski definition) is 0. The van der Waals surface area contributed by atoms with E-state index in [1.54, 1.807) is 11.8 Å². The van der Waals surface area contributed by atoms with Crippen LogP contribution in [0.15, 0.2) is 0 Å². The van der Waals surface area contributed by atoms with Gasteiger partial charge in [-0.05, 0) is 38.5 Å². The number of likely N-dealkylation sites (tertiary alicyclic amines) is 2. The molecule has 4 heteroatoms. The Kier molecular flexibility index (Phi) is 4.02. The summed E-state index contributed by atoms with van der Waals surface area (Å²) >= 11 is 0.